The molecule has 0 bridgehead atoms. The topological polar surface area (TPSA) is 150 Å². The van der Waals surface area contributed by atoms with E-state index in [1.165, 1.54) is 13.8 Å². The predicted octanol–water partition coefficient (Wildman–Crippen LogP) is 1.72. The first-order chi connectivity index (χ1) is 17.5. The first-order valence-electron chi connectivity index (χ1n) is 11.3. The molecule has 0 unspecified atom stereocenters. The number of hydrogen-bond donors (Lipinski definition) is 0. The zero-order valence-corrected chi connectivity index (χ0v) is 21.2. The summed E-state index contributed by atoms with van der Waals surface area (Å²) < 4.78 is 37.6. The van der Waals surface area contributed by atoms with E-state index in [1.54, 1.807) is 36.4 Å². The summed E-state index contributed by atoms with van der Waals surface area (Å²) in [6.07, 6.45) is -2.84. The fraction of sp³-hybridized carbons (Fsp3) is 0.480. The van der Waals surface area contributed by atoms with E-state index in [0.29, 0.717) is 5.75 Å². The molecule has 1 aliphatic rings. The summed E-state index contributed by atoms with van der Waals surface area (Å²) in [4.78, 5) is 57.8. The number of rotatable bonds is 10. The monoisotopic (exact) mass is 522 g/mol. The minimum absolute atomic E-state index is 0.0283. The molecule has 2 rings (SSSR count). The summed E-state index contributed by atoms with van der Waals surface area (Å²) in [6.45, 7) is 5.54. The van der Waals surface area contributed by atoms with Gasteiger partial charge in [0.15, 0.2) is 24.6 Å². The van der Waals surface area contributed by atoms with Crippen molar-refractivity contribution in [3.8, 4) is 5.75 Å². The highest BCUT2D eigenvalue weighted by Gasteiger charge is 2.52. The molecule has 1 fully saturated rings. The van der Waals surface area contributed by atoms with Gasteiger partial charge in [-0.1, -0.05) is 24.3 Å². The number of benzene rings is 1. The summed E-state index contributed by atoms with van der Waals surface area (Å²) in [6, 6.07) is 6.70. The molecule has 1 saturated heterocycles. The maximum atomic E-state index is 11.8. The van der Waals surface area contributed by atoms with Crippen molar-refractivity contribution in [1.29, 1.82) is 0 Å². The summed E-state index contributed by atoms with van der Waals surface area (Å²) in [7, 11) is 0. The van der Waals surface area contributed by atoms with Crippen LogP contribution in [-0.2, 0) is 52.4 Å². The lowest BCUT2D eigenvalue weighted by Gasteiger charge is -2.43. The fourth-order valence-electron chi connectivity index (χ4n) is 3.47. The Morgan fingerprint density at radius 2 is 1.32 bits per heavy atom. The van der Waals surface area contributed by atoms with E-state index in [-0.39, 0.29) is 13.2 Å². The van der Waals surface area contributed by atoms with Crippen LogP contribution in [0.15, 0.2) is 30.3 Å². The Labute approximate surface area is 213 Å². The zero-order chi connectivity index (χ0) is 27.5. The molecule has 0 saturated carbocycles. The molecule has 0 radical (unpaired) electrons. The highest BCUT2D eigenvalue weighted by molar-refractivity contribution is 5.70. The number of carbonyl (C=O) groups excluding carboxylic acids is 5. The van der Waals surface area contributed by atoms with Gasteiger partial charge in [0, 0.05) is 34.6 Å². The van der Waals surface area contributed by atoms with E-state index in [1.807, 2.05) is 0 Å². The zero-order valence-electron chi connectivity index (χ0n) is 21.2. The van der Waals surface area contributed by atoms with Crippen LogP contribution in [0, 0.1) is 0 Å². The lowest BCUT2D eigenvalue weighted by molar-refractivity contribution is -0.305. The number of carbonyl (C=O) groups is 5. The van der Waals surface area contributed by atoms with Crippen LogP contribution in [0.5, 0.6) is 5.75 Å². The maximum absolute atomic E-state index is 11.8. The van der Waals surface area contributed by atoms with Crippen molar-refractivity contribution < 1.29 is 57.1 Å². The van der Waals surface area contributed by atoms with Crippen molar-refractivity contribution >= 4 is 35.9 Å². The summed E-state index contributed by atoms with van der Waals surface area (Å²) in [5.74, 6) is -2.82. The Kier molecular flexibility index (Phi) is 11.2. The second-order valence-corrected chi connectivity index (χ2v) is 7.97. The Morgan fingerprint density at radius 1 is 0.757 bits per heavy atom. The van der Waals surface area contributed by atoms with Gasteiger partial charge in [-0.2, -0.15) is 0 Å². The molecule has 5 atom stereocenters. The van der Waals surface area contributed by atoms with Crippen molar-refractivity contribution in [3.63, 3.8) is 0 Å². The number of ether oxygens (including phenoxy) is 7. The van der Waals surface area contributed by atoms with Crippen LogP contribution in [-0.4, -0.2) is 73.8 Å². The van der Waals surface area contributed by atoms with Gasteiger partial charge in [-0.15, -0.1) is 0 Å². The quantitative estimate of drug-likeness (QED) is 0.250. The third-order valence-electron chi connectivity index (χ3n) is 4.76. The molecule has 202 valence electrons. The SMILES string of the molecule is CC(=O)OC[C@H]1O[C@@H](OC/C=C/c2ccc(OC(C)=O)cc2)[C@H](OC(C)=O)[C@@H](OC(C)=O)[C@@H]1OC(C)=O. The van der Waals surface area contributed by atoms with Crippen molar-refractivity contribution in [2.75, 3.05) is 13.2 Å². The van der Waals surface area contributed by atoms with Crippen LogP contribution in [0.3, 0.4) is 0 Å². The van der Waals surface area contributed by atoms with Crippen LogP contribution in [0.1, 0.15) is 40.2 Å². The molecule has 0 amide bonds. The summed E-state index contributed by atoms with van der Waals surface area (Å²) >= 11 is 0. The number of esters is 5. The minimum atomic E-state index is -1.30. The second kappa shape index (κ2) is 14.1. The van der Waals surface area contributed by atoms with Gasteiger partial charge in [-0.25, -0.2) is 0 Å². The van der Waals surface area contributed by atoms with Gasteiger partial charge < -0.3 is 33.2 Å². The number of hydrogen-bond acceptors (Lipinski definition) is 12. The lowest BCUT2D eigenvalue weighted by Crippen LogP contribution is -2.62. The third-order valence-corrected chi connectivity index (χ3v) is 4.76. The molecule has 1 heterocycles. The van der Waals surface area contributed by atoms with E-state index in [0.717, 1.165) is 26.3 Å². The van der Waals surface area contributed by atoms with E-state index >= 15 is 0 Å². The predicted molar refractivity (Wildman–Crippen MR) is 125 cm³/mol. The third kappa shape index (κ3) is 10.0. The molecule has 0 aliphatic carbocycles. The van der Waals surface area contributed by atoms with Gasteiger partial charge in [0.05, 0.1) is 6.61 Å². The molecule has 0 N–H and O–H groups in total. The summed E-state index contributed by atoms with van der Waals surface area (Å²) in [5, 5.41) is 0. The van der Waals surface area contributed by atoms with Crippen LogP contribution >= 0.6 is 0 Å². The average molecular weight is 523 g/mol. The fourth-order valence-corrected chi connectivity index (χ4v) is 3.47. The lowest BCUT2D eigenvalue weighted by atomic mass is 9.98. The van der Waals surface area contributed by atoms with Crippen LogP contribution in [0.25, 0.3) is 6.08 Å². The van der Waals surface area contributed by atoms with Crippen molar-refractivity contribution in [2.45, 2.75) is 65.3 Å². The molecule has 12 nitrogen and oxygen atoms in total. The average Bonchev–Trinajstić information content (AvgIpc) is 2.78. The molecule has 0 aromatic heterocycles. The summed E-state index contributed by atoms with van der Waals surface area (Å²) in [5.41, 5.74) is 0.779. The molecular weight excluding hydrogens is 492 g/mol. The Morgan fingerprint density at radius 3 is 1.86 bits per heavy atom. The van der Waals surface area contributed by atoms with Gasteiger partial charge >= 0.3 is 29.8 Å². The van der Waals surface area contributed by atoms with Gasteiger partial charge in [-0.05, 0) is 17.7 Å². The molecule has 37 heavy (non-hydrogen) atoms. The molecule has 1 aromatic rings. The normalized spacial score (nSPS) is 23.1. The van der Waals surface area contributed by atoms with E-state index in [2.05, 4.69) is 0 Å². The highest BCUT2D eigenvalue weighted by Crippen LogP contribution is 2.30. The molecular formula is C25H30O12. The Bertz CT molecular complexity index is 999. The van der Waals surface area contributed by atoms with Crippen molar-refractivity contribution in [3.05, 3.63) is 35.9 Å². The van der Waals surface area contributed by atoms with Gasteiger partial charge in [-0.3, -0.25) is 24.0 Å². The maximum Gasteiger partial charge on any atom is 0.308 e. The van der Waals surface area contributed by atoms with Gasteiger partial charge in [0.25, 0.3) is 0 Å². The molecule has 1 aromatic carbocycles. The Balaban J connectivity index is 2.22. The van der Waals surface area contributed by atoms with Crippen molar-refractivity contribution in [2.24, 2.45) is 0 Å². The minimum Gasteiger partial charge on any atom is -0.463 e. The first-order valence-corrected chi connectivity index (χ1v) is 11.3. The highest BCUT2D eigenvalue weighted by atomic mass is 16.7. The van der Waals surface area contributed by atoms with E-state index in [4.69, 9.17) is 33.2 Å². The van der Waals surface area contributed by atoms with E-state index in [9.17, 15) is 24.0 Å². The van der Waals surface area contributed by atoms with Crippen LogP contribution in [0.2, 0.25) is 0 Å². The smallest absolute Gasteiger partial charge is 0.308 e. The first kappa shape index (κ1) is 29.5. The van der Waals surface area contributed by atoms with Crippen molar-refractivity contribution in [1.82, 2.24) is 0 Å². The largest absolute Gasteiger partial charge is 0.463 e. The van der Waals surface area contributed by atoms with E-state index < -0.39 is 60.6 Å². The van der Waals surface area contributed by atoms with Crippen LogP contribution < -0.4 is 4.74 Å². The standard InChI is InChI=1S/C25H30O12/c1-14(26)32-13-21-22(34-16(3)28)23(35-17(4)29)24(36-18(5)30)25(37-21)31-12-6-7-19-8-10-20(11-9-19)33-15(2)27/h6-11,21-25H,12-13H2,1-5H3/b7-6+/t21-,22-,23+,24-,25-/m1/s1. The Hall–Kier alpha value is -3.77. The molecule has 0 spiro atoms. The van der Waals surface area contributed by atoms with Gasteiger partial charge in [0.1, 0.15) is 18.5 Å². The van der Waals surface area contributed by atoms with Gasteiger partial charge in [0.2, 0.25) is 0 Å². The molecule has 1 aliphatic heterocycles. The second-order valence-electron chi connectivity index (χ2n) is 7.97. The van der Waals surface area contributed by atoms with Crippen LogP contribution in [0.4, 0.5) is 0 Å². The molecule has 12 heteroatoms.